The Morgan fingerprint density at radius 1 is 1.21 bits per heavy atom. The first-order valence-corrected chi connectivity index (χ1v) is 6.96. The van der Waals surface area contributed by atoms with E-state index in [9.17, 15) is 0 Å². The van der Waals surface area contributed by atoms with E-state index in [1.807, 2.05) is 13.8 Å². The first-order chi connectivity index (χ1) is 9.22. The minimum Gasteiger partial charge on any atom is -0.444 e. The third kappa shape index (κ3) is 3.66. The predicted octanol–water partition coefficient (Wildman–Crippen LogP) is 2.83. The zero-order chi connectivity index (χ0) is 13.7. The molecule has 0 fully saturated rings. The second-order valence-corrected chi connectivity index (χ2v) is 4.70. The lowest BCUT2D eigenvalue weighted by atomic mass is 10.4. The van der Waals surface area contributed by atoms with Gasteiger partial charge in [-0.05, 0) is 22.9 Å². The number of rotatable bonds is 6. The maximum atomic E-state index is 5.52. The fourth-order valence-corrected chi connectivity index (χ4v) is 1.82. The number of aryl methyl sites for hydroxylation is 1. The minimum atomic E-state index is 0.487. The molecule has 2 aromatic rings. The van der Waals surface area contributed by atoms with E-state index in [0.29, 0.717) is 24.2 Å². The standard InChI is InChI=1S/C12H16BrN5O/c1-3-8-5-15-10(19-8)7-16-11-9(13)6-17-12(18-11)14-4-2/h5-6H,3-4,7H2,1-2H3,(H2,14,16,17,18). The Hall–Kier alpha value is -1.63. The SMILES string of the molecule is CCNc1ncc(Br)c(NCc2ncc(CC)o2)n1. The van der Waals surface area contributed by atoms with Gasteiger partial charge >= 0.3 is 0 Å². The summed E-state index contributed by atoms with van der Waals surface area (Å²) in [5, 5.41) is 6.24. The van der Waals surface area contributed by atoms with Crippen LogP contribution in [0.2, 0.25) is 0 Å². The van der Waals surface area contributed by atoms with Crippen molar-refractivity contribution in [2.24, 2.45) is 0 Å². The highest BCUT2D eigenvalue weighted by Crippen LogP contribution is 2.20. The van der Waals surface area contributed by atoms with Gasteiger partial charge in [0.05, 0.1) is 17.2 Å². The lowest BCUT2D eigenvalue weighted by Crippen LogP contribution is -2.07. The molecule has 0 aliphatic carbocycles. The van der Waals surface area contributed by atoms with Gasteiger partial charge in [0, 0.05) is 19.2 Å². The van der Waals surface area contributed by atoms with E-state index in [2.05, 4.69) is 41.5 Å². The van der Waals surface area contributed by atoms with E-state index < -0.39 is 0 Å². The highest BCUT2D eigenvalue weighted by Gasteiger charge is 2.07. The van der Waals surface area contributed by atoms with Crippen molar-refractivity contribution >= 4 is 27.7 Å². The molecule has 7 heteroatoms. The first kappa shape index (κ1) is 13.8. The topological polar surface area (TPSA) is 75.9 Å². The monoisotopic (exact) mass is 325 g/mol. The summed E-state index contributed by atoms with van der Waals surface area (Å²) in [6.07, 6.45) is 4.30. The van der Waals surface area contributed by atoms with Crippen LogP contribution in [-0.2, 0) is 13.0 Å². The zero-order valence-corrected chi connectivity index (χ0v) is 12.5. The summed E-state index contributed by atoms with van der Waals surface area (Å²) in [6, 6.07) is 0. The number of aromatic nitrogens is 3. The van der Waals surface area contributed by atoms with E-state index in [-0.39, 0.29) is 0 Å². The largest absolute Gasteiger partial charge is 0.444 e. The maximum Gasteiger partial charge on any atom is 0.224 e. The van der Waals surface area contributed by atoms with Crippen LogP contribution < -0.4 is 10.6 Å². The van der Waals surface area contributed by atoms with Crippen molar-refractivity contribution in [3.05, 3.63) is 28.5 Å². The molecule has 0 spiro atoms. The van der Waals surface area contributed by atoms with Crippen LogP contribution >= 0.6 is 15.9 Å². The fourth-order valence-electron chi connectivity index (χ4n) is 1.49. The van der Waals surface area contributed by atoms with Gasteiger partial charge in [0.15, 0.2) is 0 Å². The molecule has 19 heavy (non-hydrogen) atoms. The van der Waals surface area contributed by atoms with Crippen molar-refractivity contribution in [2.45, 2.75) is 26.8 Å². The lowest BCUT2D eigenvalue weighted by Gasteiger charge is -2.07. The second-order valence-electron chi connectivity index (χ2n) is 3.85. The molecule has 0 aliphatic heterocycles. The number of nitrogens with zero attached hydrogens (tertiary/aromatic N) is 3. The summed E-state index contributed by atoms with van der Waals surface area (Å²) in [6.45, 7) is 5.29. The van der Waals surface area contributed by atoms with E-state index >= 15 is 0 Å². The van der Waals surface area contributed by atoms with Crippen LogP contribution in [0.25, 0.3) is 0 Å². The van der Waals surface area contributed by atoms with Gasteiger partial charge in [-0.15, -0.1) is 0 Å². The van der Waals surface area contributed by atoms with E-state index in [1.165, 1.54) is 0 Å². The van der Waals surface area contributed by atoms with Gasteiger partial charge in [0.25, 0.3) is 0 Å². The molecule has 0 aromatic carbocycles. The Bertz CT molecular complexity index is 543. The fraction of sp³-hybridized carbons (Fsp3) is 0.417. The molecule has 2 N–H and O–H groups in total. The predicted molar refractivity (Wildman–Crippen MR) is 77.1 cm³/mol. The van der Waals surface area contributed by atoms with Crippen LogP contribution in [0.5, 0.6) is 0 Å². The summed E-state index contributed by atoms with van der Waals surface area (Å²) in [5.41, 5.74) is 0. The molecular weight excluding hydrogens is 310 g/mol. The Balaban J connectivity index is 2.03. The molecule has 2 rings (SSSR count). The van der Waals surface area contributed by atoms with Crippen LogP contribution in [0.3, 0.4) is 0 Å². The molecule has 0 saturated heterocycles. The molecule has 2 aromatic heterocycles. The van der Waals surface area contributed by atoms with E-state index in [0.717, 1.165) is 23.2 Å². The Labute approximate surface area is 120 Å². The molecule has 0 saturated carbocycles. The van der Waals surface area contributed by atoms with E-state index in [4.69, 9.17) is 4.42 Å². The molecule has 0 unspecified atom stereocenters. The number of hydrogen-bond acceptors (Lipinski definition) is 6. The second kappa shape index (κ2) is 6.51. The van der Waals surface area contributed by atoms with Gasteiger partial charge in [0.1, 0.15) is 11.6 Å². The van der Waals surface area contributed by atoms with Gasteiger partial charge in [-0.3, -0.25) is 0 Å². The highest BCUT2D eigenvalue weighted by atomic mass is 79.9. The summed E-state index contributed by atoms with van der Waals surface area (Å²) < 4.78 is 6.33. The molecule has 102 valence electrons. The highest BCUT2D eigenvalue weighted by molar-refractivity contribution is 9.10. The van der Waals surface area contributed by atoms with Crippen molar-refractivity contribution in [1.29, 1.82) is 0 Å². The van der Waals surface area contributed by atoms with Gasteiger partial charge in [-0.1, -0.05) is 6.92 Å². The number of nitrogens with one attached hydrogen (secondary N) is 2. The zero-order valence-electron chi connectivity index (χ0n) is 10.9. The summed E-state index contributed by atoms with van der Waals surface area (Å²) in [4.78, 5) is 12.7. The average Bonchev–Trinajstić information content (AvgIpc) is 2.88. The Morgan fingerprint density at radius 3 is 2.74 bits per heavy atom. The van der Waals surface area contributed by atoms with Gasteiger partial charge < -0.3 is 15.1 Å². The lowest BCUT2D eigenvalue weighted by molar-refractivity contribution is 0.465. The Morgan fingerprint density at radius 2 is 2.05 bits per heavy atom. The van der Waals surface area contributed by atoms with Crippen LogP contribution in [0.1, 0.15) is 25.5 Å². The van der Waals surface area contributed by atoms with E-state index in [1.54, 1.807) is 12.4 Å². The molecule has 0 radical (unpaired) electrons. The third-order valence-electron chi connectivity index (χ3n) is 2.44. The molecule has 2 heterocycles. The summed E-state index contributed by atoms with van der Waals surface area (Å²) in [5.74, 6) is 2.83. The number of hydrogen-bond donors (Lipinski definition) is 2. The quantitative estimate of drug-likeness (QED) is 0.850. The van der Waals surface area contributed by atoms with Crippen LogP contribution in [0.4, 0.5) is 11.8 Å². The first-order valence-electron chi connectivity index (χ1n) is 6.16. The number of anilines is 2. The van der Waals surface area contributed by atoms with Gasteiger partial charge in [-0.2, -0.15) is 4.98 Å². The average molecular weight is 326 g/mol. The maximum absolute atomic E-state index is 5.52. The van der Waals surface area contributed by atoms with Crippen LogP contribution in [-0.4, -0.2) is 21.5 Å². The van der Waals surface area contributed by atoms with Crippen molar-refractivity contribution in [1.82, 2.24) is 15.0 Å². The smallest absolute Gasteiger partial charge is 0.224 e. The molecule has 0 aliphatic rings. The number of halogens is 1. The number of oxazole rings is 1. The molecule has 0 atom stereocenters. The van der Waals surface area contributed by atoms with Crippen LogP contribution in [0, 0.1) is 0 Å². The summed E-state index contributed by atoms with van der Waals surface area (Å²) in [7, 11) is 0. The molecular formula is C12H16BrN5O. The van der Waals surface area contributed by atoms with Crippen molar-refractivity contribution < 1.29 is 4.42 Å². The van der Waals surface area contributed by atoms with Crippen molar-refractivity contribution in [3.63, 3.8) is 0 Å². The summed E-state index contributed by atoms with van der Waals surface area (Å²) >= 11 is 3.41. The molecule has 0 amide bonds. The third-order valence-corrected chi connectivity index (χ3v) is 3.02. The normalized spacial score (nSPS) is 10.5. The molecule has 6 nitrogen and oxygen atoms in total. The van der Waals surface area contributed by atoms with Crippen molar-refractivity contribution in [3.8, 4) is 0 Å². The van der Waals surface area contributed by atoms with Crippen molar-refractivity contribution in [2.75, 3.05) is 17.2 Å². The van der Waals surface area contributed by atoms with Gasteiger partial charge in [-0.25, -0.2) is 9.97 Å². The minimum absolute atomic E-state index is 0.487. The van der Waals surface area contributed by atoms with Crippen LogP contribution in [0.15, 0.2) is 21.3 Å². The van der Waals surface area contributed by atoms with Gasteiger partial charge in [0.2, 0.25) is 11.8 Å². The molecule has 0 bridgehead atoms. The Kier molecular flexibility index (Phi) is 4.73.